The van der Waals surface area contributed by atoms with Crippen LogP contribution in [-0.4, -0.2) is 23.6 Å². The Morgan fingerprint density at radius 1 is 1.12 bits per heavy atom. The van der Waals surface area contributed by atoms with E-state index in [1.165, 1.54) is 22.3 Å². The first kappa shape index (κ1) is 17.3. The van der Waals surface area contributed by atoms with Crippen LogP contribution in [0.15, 0.2) is 47.0 Å². The van der Waals surface area contributed by atoms with Gasteiger partial charge in [0.25, 0.3) is 0 Å². The van der Waals surface area contributed by atoms with Crippen LogP contribution in [0.5, 0.6) is 0 Å². The zero-order chi connectivity index (χ0) is 18.3. The third-order valence-corrected chi connectivity index (χ3v) is 5.60. The lowest BCUT2D eigenvalue weighted by Crippen LogP contribution is -2.17. The molecule has 1 atom stereocenters. The molecule has 0 radical (unpaired) electrons. The second kappa shape index (κ2) is 6.90. The molecule has 0 saturated heterocycles. The van der Waals surface area contributed by atoms with E-state index in [-0.39, 0.29) is 0 Å². The molecule has 4 rings (SSSR count). The van der Waals surface area contributed by atoms with Crippen molar-refractivity contribution in [1.29, 1.82) is 0 Å². The Morgan fingerprint density at radius 3 is 2.58 bits per heavy atom. The van der Waals surface area contributed by atoms with E-state index in [2.05, 4.69) is 47.4 Å². The Morgan fingerprint density at radius 2 is 1.88 bits per heavy atom. The monoisotopic (exact) mass is 366 g/mol. The molecule has 0 saturated carbocycles. The lowest BCUT2D eigenvalue weighted by atomic mass is 9.85. The summed E-state index contributed by atoms with van der Waals surface area (Å²) in [5.41, 5.74) is 7.36. The third kappa shape index (κ3) is 3.17. The zero-order valence-corrected chi connectivity index (χ0v) is 16.2. The largest absolute Gasteiger partial charge is 0.361 e. The summed E-state index contributed by atoms with van der Waals surface area (Å²) in [7, 11) is 2.19. The standard InChI is InChI=1S/C22H23ClN2O/c1-14-22(15(2)26-24-14)17-6-9-20-18(12-17)13-25(3)11-10-21(20)16-4-7-19(23)8-5-16/h4-9,12,21H,10-11,13H2,1-3H3. The maximum atomic E-state index is 6.09. The molecule has 0 amide bonds. The number of aromatic nitrogens is 1. The third-order valence-electron chi connectivity index (χ3n) is 5.35. The minimum atomic E-state index is 0.394. The van der Waals surface area contributed by atoms with Gasteiger partial charge in [0.1, 0.15) is 5.76 Å². The molecule has 134 valence electrons. The number of hydrogen-bond donors (Lipinski definition) is 0. The van der Waals surface area contributed by atoms with E-state index in [0.29, 0.717) is 5.92 Å². The highest BCUT2D eigenvalue weighted by atomic mass is 35.5. The van der Waals surface area contributed by atoms with E-state index in [9.17, 15) is 0 Å². The van der Waals surface area contributed by atoms with Crippen molar-refractivity contribution in [3.8, 4) is 11.1 Å². The normalized spacial score (nSPS) is 17.8. The predicted octanol–water partition coefficient (Wildman–Crippen LogP) is 5.58. The van der Waals surface area contributed by atoms with Gasteiger partial charge in [0.05, 0.1) is 5.69 Å². The second-order valence-corrected chi connectivity index (χ2v) is 7.68. The molecular weight excluding hydrogens is 344 g/mol. The number of nitrogens with zero attached hydrogens (tertiary/aromatic N) is 2. The molecule has 1 aliphatic heterocycles. The summed E-state index contributed by atoms with van der Waals surface area (Å²) in [6, 6.07) is 15.1. The van der Waals surface area contributed by atoms with Crippen LogP contribution in [0, 0.1) is 13.8 Å². The van der Waals surface area contributed by atoms with Crippen LogP contribution in [0.2, 0.25) is 5.02 Å². The van der Waals surface area contributed by atoms with Gasteiger partial charge < -0.3 is 9.42 Å². The van der Waals surface area contributed by atoms with Gasteiger partial charge in [-0.2, -0.15) is 0 Å². The van der Waals surface area contributed by atoms with Gasteiger partial charge in [-0.25, -0.2) is 0 Å². The molecule has 3 aromatic rings. The Hall–Kier alpha value is -2.10. The quantitative estimate of drug-likeness (QED) is 0.593. The van der Waals surface area contributed by atoms with Crippen LogP contribution in [0.4, 0.5) is 0 Å². The molecule has 1 unspecified atom stereocenters. The van der Waals surface area contributed by atoms with Gasteiger partial charge >= 0.3 is 0 Å². The molecule has 1 aromatic heterocycles. The van der Waals surface area contributed by atoms with E-state index in [1.54, 1.807) is 0 Å². The molecule has 0 N–H and O–H groups in total. The Labute approximate surface area is 159 Å². The van der Waals surface area contributed by atoms with E-state index in [1.807, 2.05) is 26.0 Å². The highest BCUT2D eigenvalue weighted by molar-refractivity contribution is 6.30. The number of halogens is 1. The maximum Gasteiger partial charge on any atom is 0.141 e. The smallest absolute Gasteiger partial charge is 0.141 e. The van der Waals surface area contributed by atoms with Crippen LogP contribution in [0.25, 0.3) is 11.1 Å². The highest BCUT2D eigenvalue weighted by Crippen LogP contribution is 2.37. The molecule has 4 heteroatoms. The first-order chi connectivity index (χ1) is 12.5. The highest BCUT2D eigenvalue weighted by Gasteiger charge is 2.23. The summed E-state index contributed by atoms with van der Waals surface area (Å²) >= 11 is 6.09. The van der Waals surface area contributed by atoms with Crippen molar-refractivity contribution >= 4 is 11.6 Å². The summed E-state index contributed by atoms with van der Waals surface area (Å²) < 4.78 is 5.37. The van der Waals surface area contributed by atoms with Gasteiger partial charge in [0.2, 0.25) is 0 Å². The Balaban J connectivity index is 1.80. The summed E-state index contributed by atoms with van der Waals surface area (Å²) in [5, 5.41) is 4.90. The van der Waals surface area contributed by atoms with Gasteiger partial charge in [-0.3, -0.25) is 0 Å². The van der Waals surface area contributed by atoms with Crippen molar-refractivity contribution in [2.24, 2.45) is 0 Å². The van der Waals surface area contributed by atoms with Gasteiger partial charge in [-0.05, 0) is 74.3 Å². The average Bonchev–Trinajstić information content (AvgIpc) is 2.86. The van der Waals surface area contributed by atoms with Crippen LogP contribution >= 0.6 is 11.6 Å². The predicted molar refractivity (Wildman–Crippen MR) is 106 cm³/mol. The van der Waals surface area contributed by atoms with E-state index in [4.69, 9.17) is 16.1 Å². The summed E-state index contributed by atoms with van der Waals surface area (Å²) in [6.45, 7) is 6.00. The number of benzene rings is 2. The molecule has 0 fully saturated rings. The molecule has 2 aromatic carbocycles. The van der Waals surface area contributed by atoms with Crippen LogP contribution in [-0.2, 0) is 6.54 Å². The van der Waals surface area contributed by atoms with Crippen molar-refractivity contribution in [3.63, 3.8) is 0 Å². The molecule has 0 aliphatic carbocycles. The molecule has 0 bridgehead atoms. The van der Waals surface area contributed by atoms with Crippen molar-refractivity contribution in [2.45, 2.75) is 32.7 Å². The van der Waals surface area contributed by atoms with E-state index < -0.39 is 0 Å². The molecular formula is C22H23ClN2O. The fourth-order valence-electron chi connectivity index (χ4n) is 4.05. The topological polar surface area (TPSA) is 29.3 Å². The molecule has 0 spiro atoms. The number of rotatable bonds is 2. The van der Waals surface area contributed by atoms with Gasteiger partial charge in [-0.15, -0.1) is 0 Å². The van der Waals surface area contributed by atoms with Gasteiger partial charge in [0, 0.05) is 23.0 Å². The molecule has 2 heterocycles. The fraction of sp³-hybridized carbons (Fsp3) is 0.318. The van der Waals surface area contributed by atoms with Crippen LogP contribution in [0.1, 0.15) is 40.5 Å². The van der Waals surface area contributed by atoms with Crippen LogP contribution in [0.3, 0.4) is 0 Å². The average molecular weight is 367 g/mol. The molecule has 26 heavy (non-hydrogen) atoms. The van der Waals surface area contributed by atoms with Gasteiger partial charge in [-0.1, -0.05) is 41.0 Å². The fourth-order valence-corrected chi connectivity index (χ4v) is 4.18. The summed E-state index contributed by atoms with van der Waals surface area (Å²) in [4.78, 5) is 2.39. The number of hydrogen-bond acceptors (Lipinski definition) is 3. The Kier molecular flexibility index (Phi) is 4.60. The van der Waals surface area contributed by atoms with Crippen molar-refractivity contribution in [1.82, 2.24) is 10.1 Å². The minimum absolute atomic E-state index is 0.394. The lowest BCUT2D eigenvalue weighted by Gasteiger charge is -2.19. The molecule has 1 aliphatic rings. The lowest BCUT2D eigenvalue weighted by molar-refractivity contribution is 0.328. The number of fused-ring (bicyclic) bond motifs is 1. The van der Waals surface area contributed by atoms with E-state index >= 15 is 0 Å². The number of aryl methyl sites for hydroxylation is 2. The maximum absolute atomic E-state index is 6.09. The minimum Gasteiger partial charge on any atom is -0.361 e. The zero-order valence-electron chi connectivity index (χ0n) is 15.4. The van der Waals surface area contributed by atoms with Crippen molar-refractivity contribution < 1.29 is 4.52 Å². The molecule has 3 nitrogen and oxygen atoms in total. The van der Waals surface area contributed by atoms with Gasteiger partial charge in [0.15, 0.2) is 0 Å². The van der Waals surface area contributed by atoms with Crippen molar-refractivity contribution in [2.75, 3.05) is 13.6 Å². The van der Waals surface area contributed by atoms with E-state index in [0.717, 1.165) is 41.6 Å². The summed E-state index contributed by atoms with van der Waals surface area (Å²) in [6.07, 6.45) is 1.11. The first-order valence-corrected chi connectivity index (χ1v) is 9.41. The summed E-state index contributed by atoms with van der Waals surface area (Å²) in [5.74, 6) is 1.27. The van der Waals surface area contributed by atoms with Crippen molar-refractivity contribution in [3.05, 3.63) is 75.6 Å². The Bertz CT molecular complexity index is 910. The second-order valence-electron chi connectivity index (χ2n) is 7.24. The SMILES string of the molecule is Cc1noc(C)c1-c1ccc2c(c1)CN(C)CCC2c1ccc(Cl)cc1. The first-order valence-electron chi connectivity index (χ1n) is 9.03. The van der Waals surface area contributed by atoms with Crippen LogP contribution < -0.4 is 0 Å².